The highest BCUT2D eigenvalue weighted by molar-refractivity contribution is 5.27. The maximum atomic E-state index is 13.2. The molecule has 1 fully saturated rings. The van der Waals surface area contributed by atoms with Crippen LogP contribution >= 0.6 is 0 Å². The largest absolute Gasteiger partial charge is 0.488 e. The highest BCUT2D eigenvalue weighted by Crippen LogP contribution is 2.23. The minimum absolute atomic E-state index is 0.00261. The van der Waals surface area contributed by atoms with Crippen molar-refractivity contribution in [3.63, 3.8) is 0 Å². The van der Waals surface area contributed by atoms with E-state index in [-0.39, 0.29) is 18.5 Å². The molecule has 1 unspecified atom stereocenters. The molecule has 26 heavy (non-hydrogen) atoms. The van der Waals surface area contributed by atoms with E-state index in [0.717, 1.165) is 30.3 Å². The summed E-state index contributed by atoms with van der Waals surface area (Å²) in [4.78, 5) is 2.04. The van der Waals surface area contributed by atoms with Gasteiger partial charge >= 0.3 is 0 Å². The van der Waals surface area contributed by atoms with Crippen LogP contribution in [0.2, 0.25) is 0 Å². The average Bonchev–Trinajstić information content (AvgIpc) is 3.07. The van der Waals surface area contributed by atoms with Gasteiger partial charge in [-0.15, -0.1) is 0 Å². The Morgan fingerprint density at radius 3 is 2.46 bits per heavy atom. The molecule has 1 aliphatic rings. The van der Waals surface area contributed by atoms with Crippen molar-refractivity contribution in [3.05, 3.63) is 71.9 Å². The first-order chi connectivity index (χ1) is 12.5. The summed E-state index contributed by atoms with van der Waals surface area (Å²) < 4.78 is 37.9. The molecular formula is C20H21F2NO3. The van der Waals surface area contributed by atoms with Crippen LogP contribution in [-0.4, -0.2) is 35.8 Å². The molecule has 2 aromatic rings. The van der Waals surface area contributed by atoms with Crippen molar-refractivity contribution in [2.75, 3.05) is 19.7 Å². The SMILES string of the molecule is C=C(COc1ccc(CO)cc1)N1CCC(Oc2cc(F)cc(F)c2)C1. The molecule has 1 N–H and O–H groups in total. The molecule has 0 aliphatic carbocycles. The maximum absolute atomic E-state index is 13.2. The van der Waals surface area contributed by atoms with Crippen molar-refractivity contribution in [3.8, 4) is 11.5 Å². The highest BCUT2D eigenvalue weighted by Gasteiger charge is 2.25. The number of nitrogens with zero attached hydrogens (tertiary/aromatic N) is 1. The fourth-order valence-electron chi connectivity index (χ4n) is 2.85. The van der Waals surface area contributed by atoms with Crippen LogP contribution in [-0.2, 0) is 6.61 Å². The summed E-state index contributed by atoms with van der Waals surface area (Å²) in [6.07, 6.45) is 0.583. The molecule has 0 saturated carbocycles. The zero-order valence-electron chi connectivity index (χ0n) is 14.3. The van der Waals surface area contributed by atoms with E-state index in [2.05, 4.69) is 6.58 Å². The van der Waals surface area contributed by atoms with E-state index in [1.54, 1.807) is 24.3 Å². The molecule has 4 nitrogen and oxygen atoms in total. The Morgan fingerprint density at radius 2 is 1.81 bits per heavy atom. The number of halogens is 2. The van der Waals surface area contributed by atoms with Gasteiger partial charge in [-0.3, -0.25) is 0 Å². The first kappa shape index (κ1) is 18.2. The van der Waals surface area contributed by atoms with Crippen LogP contribution in [0.25, 0.3) is 0 Å². The smallest absolute Gasteiger partial charge is 0.129 e. The highest BCUT2D eigenvalue weighted by atomic mass is 19.1. The van der Waals surface area contributed by atoms with Gasteiger partial charge in [-0.25, -0.2) is 8.78 Å². The number of benzene rings is 2. The number of aliphatic hydroxyl groups is 1. The molecule has 138 valence electrons. The number of ether oxygens (including phenoxy) is 2. The Kier molecular flexibility index (Phi) is 5.73. The molecule has 0 amide bonds. The predicted molar refractivity (Wildman–Crippen MR) is 94.0 cm³/mol. The summed E-state index contributed by atoms with van der Waals surface area (Å²) in [5.74, 6) is -0.412. The second-order valence-electron chi connectivity index (χ2n) is 6.24. The number of hydrogen-bond donors (Lipinski definition) is 1. The lowest BCUT2D eigenvalue weighted by Gasteiger charge is -2.21. The van der Waals surface area contributed by atoms with Gasteiger partial charge in [-0.05, 0) is 17.7 Å². The lowest BCUT2D eigenvalue weighted by atomic mass is 10.2. The maximum Gasteiger partial charge on any atom is 0.129 e. The Bertz CT molecular complexity index is 744. The second kappa shape index (κ2) is 8.19. The standard InChI is InChI=1S/C20H21F2NO3/c1-14(13-25-18-4-2-15(12-24)3-5-18)23-7-6-19(11-23)26-20-9-16(21)8-17(22)10-20/h2-5,8-10,19,24H,1,6-7,11-13H2. The zero-order chi connectivity index (χ0) is 18.5. The van der Waals surface area contributed by atoms with Gasteiger partial charge < -0.3 is 19.5 Å². The van der Waals surface area contributed by atoms with Gasteiger partial charge in [-0.2, -0.15) is 0 Å². The molecule has 1 heterocycles. The van der Waals surface area contributed by atoms with Crippen molar-refractivity contribution in [1.82, 2.24) is 4.90 Å². The first-order valence-corrected chi connectivity index (χ1v) is 8.41. The summed E-state index contributed by atoms with van der Waals surface area (Å²) in [5, 5.41) is 9.04. The summed E-state index contributed by atoms with van der Waals surface area (Å²) in [5.41, 5.74) is 1.64. The number of hydrogen-bond acceptors (Lipinski definition) is 4. The van der Waals surface area contributed by atoms with Gasteiger partial charge in [0.1, 0.15) is 35.8 Å². The normalized spacial score (nSPS) is 16.6. The van der Waals surface area contributed by atoms with E-state index < -0.39 is 11.6 Å². The molecule has 0 radical (unpaired) electrons. The minimum atomic E-state index is -0.653. The topological polar surface area (TPSA) is 41.9 Å². The van der Waals surface area contributed by atoms with Crippen LogP contribution in [0.4, 0.5) is 8.78 Å². The van der Waals surface area contributed by atoms with Crippen molar-refractivity contribution in [2.45, 2.75) is 19.1 Å². The lowest BCUT2D eigenvalue weighted by molar-refractivity contribution is 0.202. The molecule has 0 aromatic heterocycles. The number of likely N-dealkylation sites (tertiary alicyclic amines) is 1. The molecule has 6 heteroatoms. The lowest BCUT2D eigenvalue weighted by Crippen LogP contribution is -2.26. The number of rotatable bonds is 7. The third kappa shape index (κ3) is 4.73. The molecule has 0 bridgehead atoms. The summed E-state index contributed by atoms with van der Waals surface area (Å²) in [6.45, 7) is 5.70. The van der Waals surface area contributed by atoms with Crippen LogP contribution in [0.5, 0.6) is 11.5 Å². The average molecular weight is 361 g/mol. The molecule has 3 rings (SSSR count). The third-order valence-electron chi connectivity index (χ3n) is 4.24. The van der Waals surface area contributed by atoms with Gasteiger partial charge in [0.15, 0.2) is 0 Å². The van der Waals surface area contributed by atoms with Crippen molar-refractivity contribution < 1.29 is 23.4 Å². The van der Waals surface area contributed by atoms with Crippen LogP contribution in [0.1, 0.15) is 12.0 Å². The van der Waals surface area contributed by atoms with Gasteiger partial charge in [0.05, 0.1) is 13.2 Å². The fourth-order valence-corrected chi connectivity index (χ4v) is 2.85. The van der Waals surface area contributed by atoms with Crippen LogP contribution < -0.4 is 9.47 Å². The van der Waals surface area contributed by atoms with E-state index in [9.17, 15) is 8.78 Å². The van der Waals surface area contributed by atoms with Gasteiger partial charge in [0.25, 0.3) is 0 Å². The Hall–Kier alpha value is -2.60. The van der Waals surface area contributed by atoms with E-state index >= 15 is 0 Å². The van der Waals surface area contributed by atoms with E-state index in [1.165, 1.54) is 12.1 Å². The fraction of sp³-hybridized carbons (Fsp3) is 0.300. The molecule has 1 aliphatic heterocycles. The Morgan fingerprint density at radius 1 is 1.12 bits per heavy atom. The van der Waals surface area contributed by atoms with Crippen molar-refractivity contribution in [1.29, 1.82) is 0 Å². The van der Waals surface area contributed by atoms with Gasteiger partial charge in [0.2, 0.25) is 0 Å². The molecule has 0 spiro atoms. The van der Waals surface area contributed by atoms with Crippen molar-refractivity contribution >= 4 is 0 Å². The van der Waals surface area contributed by atoms with Crippen molar-refractivity contribution in [2.24, 2.45) is 0 Å². The summed E-state index contributed by atoms with van der Waals surface area (Å²) >= 11 is 0. The predicted octanol–water partition coefficient (Wildman–Crippen LogP) is 3.50. The van der Waals surface area contributed by atoms with E-state index in [4.69, 9.17) is 14.6 Å². The van der Waals surface area contributed by atoms with Gasteiger partial charge in [-0.1, -0.05) is 18.7 Å². The molecular weight excluding hydrogens is 340 g/mol. The third-order valence-corrected chi connectivity index (χ3v) is 4.24. The quantitative estimate of drug-likeness (QED) is 0.820. The zero-order valence-corrected chi connectivity index (χ0v) is 14.3. The summed E-state index contributed by atoms with van der Waals surface area (Å²) in [7, 11) is 0. The van der Waals surface area contributed by atoms with E-state index in [1.807, 2.05) is 4.90 Å². The molecule has 1 atom stereocenters. The van der Waals surface area contributed by atoms with Crippen LogP contribution in [0, 0.1) is 11.6 Å². The Labute approximate surface area is 151 Å². The summed E-state index contributed by atoms with van der Waals surface area (Å²) in [6, 6.07) is 10.4. The Balaban J connectivity index is 1.48. The van der Waals surface area contributed by atoms with Crippen LogP contribution in [0.3, 0.4) is 0 Å². The van der Waals surface area contributed by atoms with Crippen LogP contribution in [0.15, 0.2) is 54.7 Å². The second-order valence-corrected chi connectivity index (χ2v) is 6.24. The monoisotopic (exact) mass is 361 g/mol. The molecule has 2 aromatic carbocycles. The first-order valence-electron chi connectivity index (χ1n) is 8.41. The van der Waals surface area contributed by atoms with Gasteiger partial charge in [0, 0.05) is 36.9 Å². The molecule has 1 saturated heterocycles. The minimum Gasteiger partial charge on any atom is -0.488 e. The number of aliphatic hydroxyl groups excluding tert-OH is 1. The van der Waals surface area contributed by atoms with E-state index in [0.29, 0.717) is 18.9 Å².